The topological polar surface area (TPSA) is 69.6 Å². The van der Waals surface area contributed by atoms with Crippen molar-refractivity contribution in [2.24, 2.45) is 0 Å². The third-order valence-corrected chi connectivity index (χ3v) is 1.81. The van der Waals surface area contributed by atoms with Crippen molar-refractivity contribution in [2.45, 2.75) is 12.5 Å². The van der Waals surface area contributed by atoms with Gasteiger partial charge in [-0.2, -0.15) is 0 Å². The molecule has 0 aliphatic heterocycles. The van der Waals surface area contributed by atoms with Gasteiger partial charge in [0.05, 0.1) is 0 Å². The van der Waals surface area contributed by atoms with Gasteiger partial charge in [-0.1, -0.05) is 12.1 Å². The highest BCUT2D eigenvalue weighted by molar-refractivity contribution is 5.73. The Morgan fingerprint density at radius 2 is 2.00 bits per heavy atom. The van der Waals surface area contributed by atoms with E-state index in [-0.39, 0.29) is 12.2 Å². The first-order valence-corrected chi connectivity index (χ1v) is 4.00. The van der Waals surface area contributed by atoms with E-state index < -0.39 is 12.0 Å². The number of carboxylic acid groups (broad SMARTS) is 1. The Morgan fingerprint density at radius 3 is 2.43 bits per heavy atom. The molecule has 3 N–H and O–H groups in total. The molecule has 1 aromatic carbocycles. The molecule has 0 aliphatic rings. The van der Waals surface area contributed by atoms with Crippen molar-refractivity contribution < 1.29 is 19.5 Å². The van der Waals surface area contributed by atoms with Gasteiger partial charge in [0.25, 0.3) is 0 Å². The largest absolute Gasteiger partial charge is 0.508 e. The number of phenolic OH excluding ortho intramolecular Hbond substituents is 1. The lowest BCUT2D eigenvalue weighted by Gasteiger charge is -2.08. The van der Waals surface area contributed by atoms with Gasteiger partial charge in [0.15, 0.2) is 0 Å². The molecule has 5 heteroatoms. The van der Waals surface area contributed by atoms with Crippen molar-refractivity contribution in [3.8, 4) is 5.75 Å². The quantitative estimate of drug-likeness (QED) is 0.629. The number of rotatable bonds is 4. The number of aromatic hydroxyl groups is 1. The second-order valence-corrected chi connectivity index (χ2v) is 2.87. The van der Waals surface area contributed by atoms with Crippen molar-refractivity contribution in [2.75, 3.05) is 0 Å². The van der Waals surface area contributed by atoms with Crippen molar-refractivity contribution >= 4 is 5.97 Å². The number of aliphatic carboxylic acids is 1. The zero-order valence-electron chi connectivity index (χ0n) is 7.27. The Labute approximate surface area is 79.9 Å². The number of benzene rings is 1. The first kappa shape index (κ1) is 10.5. The summed E-state index contributed by atoms with van der Waals surface area (Å²) in [6, 6.07) is 4.68. The van der Waals surface area contributed by atoms with Crippen LogP contribution in [-0.2, 0) is 11.2 Å². The molecular weight excluding hydrogens is 189 g/mol. The van der Waals surface area contributed by atoms with E-state index in [9.17, 15) is 9.28 Å². The molecule has 1 rings (SSSR count). The minimum Gasteiger partial charge on any atom is -0.508 e. The molecule has 0 saturated carbocycles. The number of hydrogen-bond donors (Lipinski definition) is 3. The van der Waals surface area contributed by atoms with Gasteiger partial charge in [-0.05, 0) is 17.7 Å². The third kappa shape index (κ3) is 2.70. The minimum absolute atomic E-state index is 0.0338. The number of halogens is 1. The molecule has 0 heterocycles. The fourth-order valence-corrected chi connectivity index (χ4v) is 1.04. The predicted octanol–water partition coefficient (Wildman–Crippen LogP) is 0.862. The maximum Gasteiger partial charge on any atom is 0.323 e. The van der Waals surface area contributed by atoms with Crippen LogP contribution < -0.4 is 5.54 Å². The zero-order chi connectivity index (χ0) is 10.6. The lowest BCUT2D eigenvalue weighted by Crippen LogP contribution is -2.33. The molecule has 1 unspecified atom stereocenters. The summed E-state index contributed by atoms with van der Waals surface area (Å²) in [5.41, 5.74) is 1.84. The number of phenols is 1. The van der Waals surface area contributed by atoms with Crippen LogP contribution in [0.5, 0.6) is 5.75 Å². The Kier molecular flexibility index (Phi) is 3.41. The zero-order valence-corrected chi connectivity index (χ0v) is 7.27. The second kappa shape index (κ2) is 4.57. The van der Waals surface area contributed by atoms with Crippen LogP contribution in [-0.4, -0.2) is 22.2 Å². The van der Waals surface area contributed by atoms with Crippen LogP contribution in [0.2, 0.25) is 0 Å². The molecule has 0 aromatic heterocycles. The van der Waals surface area contributed by atoms with Crippen molar-refractivity contribution in [1.82, 2.24) is 5.54 Å². The molecule has 14 heavy (non-hydrogen) atoms. The fraction of sp³-hybridized carbons (Fsp3) is 0.222. The lowest BCUT2D eigenvalue weighted by atomic mass is 10.1. The van der Waals surface area contributed by atoms with Crippen LogP contribution in [0.15, 0.2) is 24.3 Å². The Hall–Kier alpha value is -1.62. The molecule has 0 aliphatic carbocycles. The number of nitrogens with one attached hydrogen (secondary N) is 1. The normalized spacial score (nSPS) is 12.4. The maximum absolute atomic E-state index is 12.0. The van der Waals surface area contributed by atoms with E-state index in [1.54, 1.807) is 12.1 Å². The Bertz CT molecular complexity index is 312. The Balaban J connectivity index is 2.67. The monoisotopic (exact) mass is 199 g/mol. The average Bonchev–Trinajstić information content (AvgIpc) is 2.16. The van der Waals surface area contributed by atoms with Gasteiger partial charge in [0, 0.05) is 6.42 Å². The fourth-order valence-electron chi connectivity index (χ4n) is 1.04. The smallest absolute Gasteiger partial charge is 0.323 e. The molecule has 0 amide bonds. The van der Waals surface area contributed by atoms with Gasteiger partial charge in [-0.25, -0.2) is 0 Å². The summed E-state index contributed by atoms with van der Waals surface area (Å²) < 4.78 is 12.0. The van der Waals surface area contributed by atoms with Crippen LogP contribution in [0.1, 0.15) is 5.56 Å². The first-order chi connectivity index (χ1) is 6.63. The standard InChI is InChI=1S/C9H10FNO3/c10-11-8(9(13)14)5-6-1-3-7(12)4-2-6/h1-4,8,11-12H,5H2,(H,13,14). The summed E-state index contributed by atoms with van der Waals surface area (Å²) in [7, 11) is 0. The van der Waals surface area contributed by atoms with Crippen LogP contribution in [0.4, 0.5) is 4.48 Å². The molecule has 4 nitrogen and oxygen atoms in total. The molecule has 0 spiro atoms. The minimum atomic E-state index is -1.25. The maximum atomic E-state index is 12.0. The van der Waals surface area contributed by atoms with Gasteiger partial charge >= 0.3 is 5.97 Å². The van der Waals surface area contributed by atoms with E-state index in [4.69, 9.17) is 10.2 Å². The molecular formula is C9H10FNO3. The average molecular weight is 199 g/mol. The van der Waals surface area contributed by atoms with Gasteiger partial charge in [0.2, 0.25) is 0 Å². The summed E-state index contributed by atoms with van der Waals surface area (Å²) >= 11 is 0. The summed E-state index contributed by atoms with van der Waals surface area (Å²) in [6.07, 6.45) is 0.0338. The molecule has 0 radical (unpaired) electrons. The molecule has 1 atom stereocenters. The molecule has 1 aromatic rings. The highest BCUT2D eigenvalue weighted by Crippen LogP contribution is 2.11. The van der Waals surface area contributed by atoms with Crippen molar-refractivity contribution in [1.29, 1.82) is 0 Å². The van der Waals surface area contributed by atoms with Gasteiger partial charge in [-0.3, -0.25) is 4.79 Å². The van der Waals surface area contributed by atoms with Crippen molar-refractivity contribution in [3.05, 3.63) is 29.8 Å². The van der Waals surface area contributed by atoms with E-state index in [0.717, 1.165) is 0 Å². The number of hydrogen-bond acceptors (Lipinski definition) is 3. The number of carbonyl (C=O) groups is 1. The van der Waals surface area contributed by atoms with Gasteiger partial charge in [0.1, 0.15) is 11.8 Å². The highest BCUT2D eigenvalue weighted by Gasteiger charge is 2.16. The van der Waals surface area contributed by atoms with E-state index in [2.05, 4.69) is 0 Å². The van der Waals surface area contributed by atoms with Crippen LogP contribution in [0.3, 0.4) is 0 Å². The second-order valence-electron chi connectivity index (χ2n) is 2.87. The molecule has 0 bridgehead atoms. The van der Waals surface area contributed by atoms with E-state index in [1.165, 1.54) is 17.7 Å². The summed E-state index contributed by atoms with van der Waals surface area (Å²) in [4.78, 5) is 10.4. The molecule has 76 valence electrons. The summed E-state index contributed by atoms with van der Waals surface area (Å²) in [5.74, 6) is -1.16. The molecule has 0 fully saturated rings. The number of carboxylic acids is 1. The third-order valence-electron chi connectivity index (χ3n) is 1.81. The van der Waals surface area contributed by atoms with Crippen LogP contribution in [0, 0.1) is 0 Å². The van der Waals surface area contributed by atoms with Crippen LogP contribution in [0.25, 0.3) is 0 Å². The van der Waals surface area contributed by atoms with E-state index in [1.807, 2.05) is 0 Å². The van der Waals surface area contributed by atoms with Gasteiger partial charge in [-0.15, -0.1) is 10.0 Å². The van der Waals surface area contributed by atoms with Crippen molar-refractivity contribution in [3.63, 3.8) is 0 Å². The summed E-state index contributed by atoms with van der Waals surface area (Å²) in [5, 5.41) is 17.5. The highest BCUT2D eigenvalue weighted by atomic mass is 19.2. The van der Waals surface area contributed by atoms with E-state index >= 15 is 0 Å². The molecule has 0 saturated heterocycles. The van der Waals surface area contributed by atoms with Gasteiger partial charge < -0.3 is 10.2 Å². The first-order valence-electron chi connectivity index (χ1n) is 4.00. The lowest BCUT2D eigenvalue weighted by molar-refractivity contribution is -0.140. The predicted molar refractivity (Wildman–Crippen MR) is 47.5 cm³/mol. The SMILES string of the molecule is O=C(O)C(Cc1ccc(O)cc1)NF. The van der Waals surface area contributed by atoms with Crippen LogP contribution >= 0.6 is 0 Å². The Morgan fingerprint density at radius 1 is 1.43 bits per heavy atom. The van der Waals surface area contributed by atoms with E-state index in [0.29, 0.717) is 5.56 Å². The summed E-state index contributed by atoms with van der Waals surface area (Å²) in [6.45, 7) is 0.